The third-order valence-electron chi connectivity index (χ3n) is 11.4. The zero-order valence-electron chi connectivity index (χ0n) is 42.0. The van der Waals surface area contributed by atoms with Crippen LogP contribution in [0.2, 0.25) is 0 Å². The van der Waals surface area contributed by atoms with Gasteiger partial charge in [-0.3, -0.25) is 14.4 Å². The number of hydrogen-bond donors (Lipinski definition) is 0. The van der Waals surface area contributed by atoms with Crippen molar-refractivity contribution in [1.29, 1.82) is 0 Å². The fourth-order valence-electron chi connectivity index (χ4n) is 7.43. The highest BCUT2D eigenvalue weighted by Gasteiger charge is 2.19. The number of hydrogen-bond acceptors (Lipinski definition) is 6. The van der Waals surface area contributed by atoms with Crippen molar-refractivity contribution < 1.29 is 28.6 Å². The molecule has 0 aliphatic heterocycles. The van der Waals surface area contributed by atoms with Gasteiger partial charge in [0.2, 0.25) is 0 Å². The van der Waals surface area contributed by atoms with E-state index in [9.17, 15) is 14.4 Å². The number of carbonyl (C=O) groups excluding carboxylic acids is 3. The Labute approximate surface area is 395 Å². The van der Waals surface area contributed by atoms with Gasteiger partial charge >= 0.3 is 17.9 Å². The lowest BCUT2D eigenvalue weighted by molar-refractivity contribution is -0.167. The van der Waals surface area contributed by atoms with Crippen molar-refractivity contribution in [2.24, 2.45) is 0 Å². The largest absolute Gasteiger partial charge is 0.462 e. The van der Waals surface area contributed by atoms with Crippen LogP contribution in [0.1, 0.15) is 258 Å². The first kappa shape index (κ1) is 60.9. The third kappa shape index (κ3) is 49.9. The number of rotatable bonds is 48. The monoisotopic (exact) mass is 893 g/mol. The normalized spacial score (nSPS) is 12.6. The average Bonchev–Trinajstić information content (AvgIpc) is 3.29. The van der Waals surface area contributed by atoms with Crippen molar-refractivity contribution in [2.75, 3.05) is 13.2 Å². The van der Waals surface area contributed by atoms with E-state index >= 15 is 0 Å². The molecule has 0 saturated carbocycles. The number of carbonyl (C=O) groups is 3. The van der Waals surface area contributed by atoms with E-state index in [1.54, 1.807) is 0 Å². The first-order chi connectivity index (χ1) is 31.5. The van der Waals surface area contributed by atoms with Crippen LogP contribution in [0.25, 0.3) is 0 Å². The summed E-state index contributed by atoms with van der Waals surface area (Å²) in [6, 6.07) is 0. The molecule has 0 bridgehead atoms. The van der Waals surface area contributed by atoms with Gasteiger partial charge in [0.15, 0.2) is 6.10 Å². The minimum atomic E-state index is -0.791. The molecular weight excluding hydrogens is 793 g/mol. The zero-order valence-corrected chi connectivity index (χ0v) is 42.0. The smallest absolute Gasteiger partial charge is 0.306 e. The van der Waals surface area contributed by atoms with Gasteiger partial charge in [0.25, 0.3) is 0 Å². The Kier molecular flexibility index (Phi) is 49.9. The standard InChI is InChI=1S/C58H100O6/c1-4-7-10-13-16-19-22-25-27-29-30-32-33-36-39-42-45-48-51-57(60)63-54-55(53-62-56(59)50-47-44-41-38-35-24-21-18-15-12-9-6-3)64-58(61)52-49-46-43-40-37-34-31-28-26-23-20-17-14-11-8-5-2/h8-9,11-12,17-18,20-21,26,28,30,32,55H,4-7,10,13-16,19,22-25,27,29,31,33-54H2,1-3H3/b11-8-,12-9-,20-17-,21-18-,28-26-,32-30-. The Morgan fingerprint density at radius 3 is 0.969 bits per heavy atom. The van der Waals surface area contributed by atoms with Crippen molar-refractivity contribution in [3.63, 3.8) is 0 Å². The molecule has 0 aromatic rings. The lowest BCUT2D eigenvalue weighted by Crippen LogP contribution is -2.30. The van der Waals surface area contributed by atoms with Crippen LogP contribution in [-0.2, 0) is 28.6 Å². The minimum Gasteiger partial charge on any atom is -0.462 e. The third-order valence-corrected chi connectivity index (χ3v) is 11.4. The molecule has 368 valence electrons. The van der Waals surface area contributed by atoms with Gasteiger partial charge in [-0.2, -0.15) is 0 Å². The van der Waals surface area contributed by atoms with Crippen molar-refractivity contribution in [3.05, 3.63) is 72.9 Å². The van der Waals surface area contributed by atoms with Gasteiger partial charge in [-0.1, -0.05) is 209 Å². The number of allylic oxidation sites excluding steroid dienone is 12. The molecule has 6 nitrogen and oxygen atoms in total. The van der Waals surface area contributed by atoms with Gasteiger partial charge in [-0.15, -0.1) is 0 Å². The quantitative estimate of drug-likeness (QED) is 0.0262. The van der Waals surface area contributed by atoms with Gasteiger partial charge < -0.3 is 14.2 Å². The lowest BCUT2D eigenvalue weighted by Gasteiger charge is -2.18. The molecule has 0 fully saturated rings. The zero-order chi connectivity index (χ0) is 46.5. The Morgan fingerprint density at radius 2 is 0.609 bits per heavy atom. The van der Waals surface area contributed by atoms with E-state index in [1.165, 1.54) is 89.9 Å². The van der Waals surface area contributed by atoms with E-state index in [2.05, 4.69) is 93.7 Å². The first-order valence-corrected chi connectivity index (χ1v) is 26.9. The van der Waals surface area contributed by atoms with Crippen LogP contribution >= 0.6 is 0 Å². The van der Waals surface area contributed by atoms with Crippen LogP contribution in [0.4, 0.5) is 0 Å². The summed E-state index contributed by atoms with van der Waals surface area (Å²) in [6.45, 7) is 6.40. The summed E-state index contributed by atoms with van der Waals surface area (Å²) in [7, 11) is 0. The molecule has 0 aromatic carbocycles. The predicted molar refractivity (Wildman–Crippen MR) is 274 cm³/mol. The maximum Gasteiger partial charge on any atom is 0.306 e. The summed E-state index contributed by atoms with van der Waals surface area (Å²) in [6.07, 6.45) is 66.0. The van der Waals surface area contributed by atoms with E-state index in [-0.39, 0.29) is 31.1 Å². The first-order valence-electron chi connectivity index (χ1n) is 26.9. The van der Waals surface area contributed by atoms with Gasteiger partial charge in [0.1, 0.15) is 13.2 Å². The predicted octanol–water partition coefficient (Wildman–Crippen LogP) is 17.8. The van der Waals surface area contributed by atoms with E-state index in [1.807, 2.05) is 0 Å². The van der Waals surface area contributed by atoms with Crippen molar-refractivity contribution >= 4 is 17.9 Å². The van der Waals surface area contributed by atoms with E-state index in [4.69, 9.17) is 14.2 Å². The number of esters is 3. The fraction of sp³-hybridized carbons (Fsp3) is 0.741. The van der Waals surface area contributed by atoms with Crippen molar-refractivity contribution in [2.45, 2.75) is 264 Å². The van der Waals surface area contributed by atoms with Crippen LogP contribution in [0.3, 0.4) is 0 Å². The molecule has 0 aromatic heterocycles. The molecule has 1 atom stereocenters. The molecule has 0 saturated heterocycles. The summed E-state index contributed by atoms with van der Waals surface area (Å²) < 4.78 is 16.8. The second-order valence-electron chi connectivity index (χ2n) is 17.7. The summed E-state index contributed by atoms with van der Waals surface area (Å²) in [5.41, 5.74) is 0. The summed E-state index contributed by atoms with van der Waals surface area (Å²) >= 11 is 0. The average molecular weight is 893 g/mol. The number of ether oxygens (including phenoxy) is 3. The van der Waals surface area contributed by atoms with Crippen LogP contribution in [0.5, 0.6) is 0 Å². The minimum absolute atomic E-state index is 0.0897. The molecule has 0 spiro atoms. The summed E-state index contributed by atoms with van der Waals surface area (Å²) in [5.74, 6) is -0.922. The Morgan fingerprint density at radius 1 is 0.328 bits per heavy atom. The maximum absolute atomic E-state index is 12.8. The molecule has 0 radical (unpaired) electrons. The second-order valence-corrected chi connectivity index (χ2v) is 17.7. The molecule has 6 heteroatoms. The highest BCUT2D eigenvalue weighted by atomic mass is 16.6. The molecular formula is C58H100O6. The Balaban J connectivity index is 4.40. The molecule has 0 rings (SSSR count). The molecule has 0 aliphatic carbocycles. The fourth-order valence-corrected chi connectivity index (χ4v) is 7.43. The summed E-state index contributed by atoms with van der Waals surface area (Å²) in [5, 5.41) is 0. The van der Waals surface area contributed by atoms with E-state index in [0.717, 1.165) is 128 Å². The van der Waals surface area contributed by atoms with E-state index in [0.29, 0.717) is 19.3 Å². The molecule has 1 unspecified atom stereocenters. The second kappa shape index (κ2) is 52.5. The molecule has 0 heterocycles. The van der Waals surface area contributed by atoms with Gasteiger partial charge in [0.05, 0.1) is 0 Å². The Bertz CT molecular complexity index is 1210. The SMILES string of the molecule is CC/C=C\C/C=C\C/C=C\CCCCCCCCC(=O)OC(COC(=O)CCCCCCC/C=C\C/C=C\CC)COC(=O)CCCCCCC/C=C\CCCCCCCCCCC. The lowest BCUT2D eigenvalue weighted by atomic mass is 10.1. The van der Waals surface area contributed by atoms with Crippen molar-refractivity contribution in [1.82, 2.24) is 0 Å². The molecule has 0 amide bonds. The highest BCUT2D eigenvalue weighted by Crippen LogP contribution is 2.14. The van der Waals surface area contributed by atoms with Gasteiger partial charge in [-0.05, 0) is 103 Å². The van der Waals surface area contributed by atoms with Crippen LogP contribution in [0.15, 0.2) is 72.9 Å². The Hall–Kier alpha value is -3.15. The highest BCUT2D eigenvalue weighted by molar-refractivity contribution is 5.71. The maximum atomic E-state index is 12.8. The summed E-state index contributed by atoms with van der Waals surface area (Å²) in [4.78, 5) is 38.0. The van der Waals surface area contributed by atoms with Gasteiger partial charge in [-0.25, -0.2) is 0 Å². The van der Waals surface area contributed by atoms with E-state index < -0.39 is 6.10 Å². The van der Waals surface area contributed by atoms with Crippen LogP contribution in [-0.4, -0.2) is 37.2 Å². The number of unbranched alkanes of at least 4 members (excludes halogenated alkanes) is 25. The molecule has 0 aliphatic rings. The van der Waals surface area contributed by atoms with Crippen LogP contribution in [0, 0.1) is 0 Å². The van der Waals surface area contributed by atoms with Crippen molar-refractivity contribution in [3.8, 4) is 0 Å². The molecule has 64 heavy (non-hydrogen) atoms. The van der Waals surface area contributed by atoms with Crippen LogP contribution < -0.4 is 0 Å². The molecule has 0 N–H and O–H groups in total. The topological polar surface area (TPSA) is 78.9 Å². The van der Waals surface area contributed by atoms with Gasteiger partial charge in [0, 0.05) is 19.3 Å².